The van der Waals surface area contributed by atoms with Crippen molar-refractivity contribution in [1.82, 2.24) is 19.1 Å². The summed E-state index contributed by atoms with van der Waals surface area (Å²) in [5, 5.41) is 20.7. The summed E-state index contributed by atoms with van der Waals surface area (Å²) in [7, 11) is 0. The Morgan fingerprint density at radius 3 is 2.43 bits per heavy atom. The van der Waals surface area contributed by atoms with Gasteiger partial charge in [-0.2, -0.15) is 0 Å². The quantitative estimate of drug-likeness (QED) is 0.159. The second-order valence-electron chi connectivity index (χ2n) is 8.92. The summed E-state index contributed by atoms with van der Waals surface area (Å²) in [4.78, 5) is 39.2. The van der Waals surface area contributed by atoms with Crippen molar-refractivity contribution in [1.29, 1.82) is 0 Å². The van der Waals surface area contributed by atoms with Crippen LogP contribution in [0.4, 0.5) is 0 Å². The minimum atomic E-state index is -1.21. The van der Waals surface area contributed by atoms with Crippen molar-refractivity contribution in [2.24, 2.45) is 0 Å². The number of rotatable bonds is 12. The molecule has 2 aromatic heterocycles. The minimum Gasteiger partial charge on any atom is -0.491 e. The van der Waals surface area contributed by atoms with Gasteiger partial charge in [0.1, 0.15) is 24.2 Å². The average Bonchev–Trinajstić information content (AvgIpc) is 3.67. The third kappa shape index (κ3) is 7.33. The Kier molecular flexibility index (Phi) is 11.0. The lowest BCUT2D eigenvalue weighted by atomic mass is 10.1. The summed E-state index contributed by atoms with van der Waals surface area (Å²) in [5.41, 5.74) is 0.958. The molecule has 5 rings (SSSR count). The van der Waals surface area contributed by atoms with Crippen molar-refractivity contribution in [3.8, 4) is 28.9 Å². The molecule has 17 nitrogen and oxygen atoms in total. The molecule has 0 amide bonds. The lowest BCUT2D eigenvalue weighted by molar-refractivity contribution is -0.716. The molecule has 236 valence electrons. The maximum atomic E-state index is 11.1. The fourth-order valence-electron chi connectivity index (χ4n) is 4.46. The number of aromatic nitrogens is 4. The Labute approximate surface area is 258 Å². The second kappa shape index (κ2) is 14.3. The molecule has 0 radical (unpaired) electrons. The number of benzene rings is 2. The maximum absolute atomic E-state index is 11.1. The Morgan fingerprint density at radius 2 is 1.82 bits per heavy atom. The number of halogens is 2. The molecule has 2 aromatic carbocycles. The summed E-state index contributed by atoms with van der Waals surface area (Å²) in [6, 6.07) is 11.0. The van der Waals surface area contributed by atoms with Crippen LogP contribution in [0.25, 0.3) is 11.3 Å². The lowest BCUT2D eigenvalue weighted by Gasteiger charge is -2.30. The van der Waals surface area contributed by atoms with Gasteiger partial charge >= 0.3 is 10.2 Å². The van der Waals surface area contributed by atoms with Crippen LogP contribution >= 0.6 is 23.2 Å². The van der Waals surface area contributed by atoms with E-state index in [0.29, 0.717) is 26.9 Å². The van der Waals surface area contributed by atoms with Crippen molar-refractivity contribution in [3.63, 3.8) is 0 Å². The van der Waals surface area contributed by atoms with Crippen molar-refractivity contribution >= 4 is 23.2 Å². The summed E-state index contributed by atoms with van der Waals surface area (Å²) < 4.78 is 21.4. The zero-order valence-corrected chi connectivity index (χ0v) is 24.3. The molecule has 2 atom stereocenters. The molecular formula is C25H26Cl2N6O11. The minimum absolute atomic E-state index is 0. The number of imidazole rings is 2. The Hall–Kier alpha value is -4.52. The molecule has 1 fully saturated rings. The van der Waals surface area contributed by atoms with E-state index in [0.717, 1.165) is 4.57 Å². The number of hydrogen-bond acceptors (Lipinski definition) is 11. The number of hydrogen-bond donors (Lipinski definition) is 0. The van der Waals surface area contributed by atoms with Crippen LogP contribution in [0.1, 0.15) is 12.5 Å². The molecule has 1 saturated heterocycles. The van der Waals surface area contributed by atoms with Crippen molar-refractivity contribution in [3.05, 3.63) is 97.0 Å². The van der Waals surface area contributed by atoms with Gasteiger partial charge in [0, 0.05) is 35.1 Å². The Morgan fingerprint density at radius 1 is 1.09 bits per heavy atom. The van der Waals surface area contributed by atoms with Crippen LogP contribution in [0.5, 0.6) is 17.6 Å². The fourth-order valence-corrected chi connectivity index (χ4v) is 5.01. The SMILES string of the molecule is CCn1c(O[N+](=O)[O-])nc(-c2ccc(OCC3COC(Cn4ccnc4)(c4ccc(Cl)cc4Cl)O3)cc2)c1O[N+](=O)[O-].O.O. The molecule has 19 heteroatoms. The van der Waals surface area contributed by atoms with E-state index in [4.69, 9.17) is 37.4 Å². The second-order valence-corrected chi connectivity index (χ2v) is 9.76. The predicted octanol–water partition coefficient (Wildman–Crippen LogP) is 2.91. The Bertz CT molecular complexity index is 1590. The third-order valence-electron chi connectivity index (χ3n) is 6.23. The molecule has 44 heavy (non-hydrogen) atoms. The van der Waals surface area contributed by atoms with Gasteiger partial charge in [-0.3, -0.25) is 9.40 Å². The van der Waals surface area contributed by atoms with Gasteiger partial charge < -0.3 is 29.7 Å². The molecule has 1 aliphatic heterocycles. The Balaban J connectivity index is 0.00000264. The van der Waals surface area contributed by atoms with E-state index in [1.807, 2.05) is 4.57 Å². The smallest absolute Gasteiger partial charge is 0.302 e. The zero-order chi connectivity index (χ0) is 29.9. The van der Waals surface area contributed by atoms with E-state index < -0.39 is 28.1 Å². The molecule has 4 N–H and O–H groups in total. The fraction of sp³-hybridized carbons (Fsp3) is 0.280. The van der Waals surface area contributed by atoms with Crippen LogP contribution in [-0.4, -0.2) is 59.5 Å². The zero-order valence-electron chi connectivity index (χ0n) is 22.8. The molecule has 3 heterocycles. The maximum Gasteiger partial charge on any atom is 0.302 e. The van der Waals surface area contributed by atoms with Crippen LogP contribution in [0, 0.1) is 20.2 Å². The van der Waals surface area contributed by atoms with E-state index >= 15 is 0 Å². The summed E-state index contributed by atoms with van der Waals surface area (Å²) in [6.07, 6.45) is 4.59. The van der Waals surface area contributed by atoms with E-state index in [2.05, 4.69) is 19.6 Å². The molecule has 4 aromatic rings. The van der Waals surface area contributed by atoms with Gasteiger partial charge in [-0.05, 0) is 43.3 Å². The highest BCUT2D eigenvalue weighted by atomic mass is 35.5. The standard InChI is InChI=1S/C25H22Cl2N6O9.2H2O/c1-2-31-23(41-32(34)35)22(29-24(31)42-33(36)37)16-3-6-18(7-4-16)38-12-19-13-39-25(40-19,14-30-10-9-28-15-30)20-8-5-17(26)11-21(20)27;;/h3-11,15,19H,2,12-14H2,1H3;2*1H2. The molecule has 0 spiro atoms. The van der Waals surface area contributed by atoms with Gasteiger partial charge in [0.2, 0.25) is 11.7 Å². The average molecular weight is 657 g/mol. The highest BCUT2D eigenvalue weighted by molar-refractivity contribution is 6.35. The van der Waals surface area contributed by atoms with Crippen molar-refractivity contribution < 1.29 is 45.0 Å². The van der Waals surface area contributed by atoms with Gasteiger partial charge in [0.05, 0.1) is 24.5 Å². The van der Waals surface area contributed by atoms with Gasteiger partial charge in [-0.25, -0.2) is 14.8 Å². The summed E-state index contributed by atoms with van der Waals surface area (Å²) >= 11 is 12.6. The summed E-state index contributed by atoms with van der Waals surface area (Å²) in [5.74, 6) is -1.08. The molecule has 0 bridgehead atoms. The largest absolute Gasteiger partial charge is 0.491 e. The van der Waals surface area contributed by atoms with E-state index in [-0.39, 0.29) is 48.8 Å². The highest BCUT2D eigenvalue weighted by Crippen LogP contribution is 2.41. The number of ether oxygens (including phenoxy) is 3. The monoisotopic (exact) mass is 656 g/mol. The van der Waals surface area contributed by atoms with Crippen LogP contribution in [0.3, 0.4) is 0 Å². The first-order valence-corrected chi connectivity index (χ1v) is 13.1. The van der Waals surface area contributed by atoms with Gasteiger partial charge in [-0.1, -0.05) is 29.3 Å². The normalized spacial score (nSPS) is 17.3. The van der Waals surface area contributed by atoms with Gasteiger partial charge in [0.15, 0.2) is 0 Å². The summed E-state index contributed by atoms with van der Waals surface area (Å²) in [6.45, 7) is 2.27. The molecule has 0 saturated carbocycles. The van der Waals surface area contributed by atoms with Crippen molar-refractivity contribution in [2.45, 2.75) is 31.9 Å². The van der Waals surface area contributed by atoms with Crippen LogP contribution in [0.2, 0.25) is 10.0 Å². The van der Waals surface area contributed by atoms with E-state index in [9.17, 15) is 20.2 Å². The van der Waals surface area contributed by atoms with E-state index in [1.165, 1.54) is 0 Å². The molecule has 0 aliphatic carbocycles. The lowest BCUT2D eigenvalue weighted by Crippen LogP contribution is -2.34. The number of nitrogens with zero attached hydrogens (tertiary/aromatic N) is 6. The molecule has 2 unspecified atom stereocenters. The first-order valence-electron chi connectivity index (χ1n) is 12.4. The molecular weight excluding hydrogens is 631 g/mol. The van der Waals surface area contributed by atoms with Crippen LogP contribution in [-0.2, 0) is 28.4 Å². The first-order chi connectivity index (χ1) is 20.2. The first kappa shape index (κ1) is 34.0. The van der Waals surface area contributed by atoms with E-state index in [1.54, 1.807) is 68.1 Å². The van der Waals surface area contributed by atoms with Crippen LogP contribution in [0.15, 0.2) is 61.2 Å². The molecule has 1 aliphatic rings. The van der Waals surface area contributed by atoms with Gasteiger partial charge in [0.25, 0.3) is 6.01 Å². The third-order valence-corrected chi connectivity index (χ3v) is 6.78. The topological polar surface area (TPSA) is 231 Å². The predicted molar refractivity (Wildman–Crippen MR) is 152 cm³/mol. The van der Waals surface area contributed by atoms with Gasteiger partial charge in [-0.15, -0.1) is 20.2 Å². The highest BCUT2D eigenvalue weighted by Gasteiger charge is 2.45. The van der Waals surface area contributed by atoms with Crippen molar-refractivity contribution in [2.75, 3.05) is 13.2 Å². The van der Waals surface area contributed by atoms with Crippen LogP contribution < -0.4 is 14.4 Å².